The fourth-order valence-corrected chi connectivity index (χ4v) is 1.39. The van der Waals surface area contributed by atoms with Crippen LogP contribution in [0.15, 0.2) is 42.7 Å². The maximum atomic E-state index is 9.10. The number of hydrogen-bond donors (Lipinski definition) is 3. The lowest BCUT2D eigenvalue weighted by atomic mass is 10.2. The molecule has 6 nitrogen and oxygen atoms in total. The number of nitrogen functional groups attached to an aromatic ring is 1. The van der Waals surface area contributed by atoms with Gasteiger partial charge in [0.2, 0.25) is 0 Å². The Morgan fingerprint density at radius 2 is 1.58 bits per heavy atom. The van der Waals surface area contributed by atoms with E-state index in [2.05, 4.69) is 0 Å². The Morgan fingerprint density at radius 3 is 2.05 bits per heavy atom. The van der Waals surface area contributed by atoms with Gasteiger partial charge in [-0.05, 0) is 30.7 Å². The molecule has 4 N–H and O–H groups in total. The largest absolute Gasteiger partial charge is 0.473 e. The predicted molar refractivity (Wildman–Crippen MR) is 70.2 cm³/mol. The number of anilines is 1. The fraction of sp³-hybridized carbons (Fsp3) is 0.0769. The summed E-state index contributed by atoms with van der Waals surface area (Å²) in [7, 11) is 0. The van der Waals surface area contributed by atoms with Gasteiger partial charge in [-0.25, -0.2) is 9.59 Å². The third-order valence-corrected chi connectivity index (χ3v) is 2.37. The van der Waals surface area contributed by atoms with Gasteiger partial charge in [0.05, 0.1) is 11.4 Å². The van der Waals surface area contributed by atoms with Crippen LogP contribution in [0.4, 0.5) is 5.69 Å². The molecule has 2 aromatic rings. The van der Waals surface area contributed by atoms with E-state index >= 15 is 0 Å². The van der Waals surface area contributed by atoms with Crippen molar-refractivity contribution in [1.82, 2.24) is 4.57 Å². The lowest BCUT2D eigenvalue weighted by Gasteiger charge is -2.08. The van der Waals surface area contributed by atoms with E-state index in [1.54, 1.807) is 0 Å². The molecule has 2 rings (SSSR count). The number of aliphatic carboxylic acids is 2. The number of para-hydroxylation sites is 1. The number of nitrogens with two attached hydrogens (primary N) is 1. The van der Waals surface area contributed by atoms with Crippen LogP contribution in [0.2, 0.25) is 0 Å². The monoisotopic (exact) mass is 262 g/mol. The third kappa shape index (κ3) is 3.88. The number of nitrogens with zero attached hydrogens (tertiary/aromatic N) is 1. The van der Waals surface area contributed by atoms with Crippen LogP contribution < -0.4 is 5.73 Å². The van der Waals surface area contributed by atoms with Gasteiger partial charge in [-0.15, -0.1) is 0 Å². The Balaban J connectivity index is 0.000000258. The number of hydrogen-bond acceptors (Lipinski definition) is 3. The standard InChI is InChI=1S/C11H12N2.C2H2O4/c1-9-5-4-6-10(11(9)12)13-7-2-3-8-13;3-1(4)2(5)6/h2-8H,12H2,1H3;(H,3,4)(H,5,6). The summed E-state index contributed by atoms with van der Waals surface area (Å²) in [5, 5.41) is 14.8. The van der Waals surface area contributed by atoms with Gasteiger partial charge >= 0.3 is 11.9 Å². The molecule has 6 heteroatoms. The molecule has 0 saturated heterocycles. The minimum atomic E-state index is -1.82. The molecule has 0 amide bonds. The van der Waals surface area contributed by atoms with Crippen molar-refractivity contribution in [3.8, 4) is 5.69 Å². The fourth-order valence-electron chi connectivity index (χ4n) is 1.39. The predicted octanol–water partition coefficient (Wildman–Crippen LogP) is 1.52. The summed E-state index contributed by atoms with van der Waals surface area (Å²) in [5.41, 5.74) is 8.96. The van der Waals surface area contributed by atoms with E-state index in [4.69, 9.17) is 25.5 Å². The third-order valence-electron chi connectivity index (χ3n) is 2.37. The summed E-state index contributed by atoms with van der Waals surface area (Å²) < 4.78 is 2.02. The SMILES string of the molecule is Cc1cccc(-n2cccc2)c1N.O=C(O)C(=O)O. The maximum absolute atomic E-state index is 9.10. The van der Waals surface area contributed by atoms with Crippen LogP contribution in [0.5, 0.6) is 0 Å². The number of carbonyl (C=O) groups is 2. The van der Waals surface area contributed by atoms with Crippen LogP contribution >= 0.6 is 0 Å². The number of benzene rings is 1. The first-order valence-corrected chi connectivity index (χ1v) is 5.38. The summed E-state index contributed by atoms with van der Waals surface area (Å²) in [6, 6.07) is 10.0. The Kier molecular flexibility index (Phi) is 4.70. The zero-order chi connectivity index (χ0) is 14.4. The first-order chi connectivity index (χ1) is 8.93. The highest BCUT2D eigenvalue weighted by molar-refractivity contribution is 6.27. The van der Waals surface area contributed by atoms with Crippen molar-refractivity contribution in [2.24, 2.45) is 0 Å². The topological polar surface area (TPSA) is 106 Å². The number of rotatable bonds is 1. The zero-order valence-corrected chi connectivity index (χ0v) is 10.3. The van der Waals surface area contributed by atoms with Gasteiger partial charge in [-0.1, -0.05) is 12.1 Å². The first-order valence-electron chi connectivity index (χ1n) is 5.38. The van der Waals surface area contributed by atoms with Gasteiger partial charge in [0.15, 0.2) is 0 Å². The molecule has 0 aliphatic heterocycles. The molecule has 100 valence electrons. The Morgan fingerprint density at radius 1 is 1.05 bits per heavy atom. The second kappa shape index (κ2) is 6.25. The average molecular weight is 262 g/mol. The molecule has 1 aromatic heterocycles. The first kappa shape index (κ1) is 14.3. The van der Waals surface area contributed by atoms with Gasteiger partial charge in [0, 0.05) is 12.4 Å². The van der Waals surface area contributed by atoms with E-state index in [9.17, 15) is 0 Å². The van der Waals surface area contributed by atoms with Gasteiger partial charge < -0.3 is 20.5 Å². The molecular formula is C13H14N2O4. The molecular weight excluding hydrogens is 248 g/mol. The van der Waals surface area contributed by atoms with E-state index in [1.165, 1.54) is 0 Å². The summed E-state index contributed by atoms with van der Waals surface area (Å²) in [6.07, 6.45) is 3.98. The summed E-state index contributed by atoms with van der Waals surface area (Å²) in [5.74, 6) is -3.65. The van der Waals surface area contributed by atoms with Crippen molar-refractivity contribution < 1.29 is 19.8 Å². The molecule has 1 heterocycles. The van der Waals surface area contributed by atoms with Crippen LogP contribution in [-0.2, 0) is 9.59 Å². The minimum absolute atomic E-state index is 0.846. The van der Waals surface area contributed by atoms with E-state index in [0.717, 1.165) is 16.9 Å². The molecule has 0 bridgehead atoms. The molecule has 0 fully saturated rings. The Bertz CT molecular complexity index is 564. The van der Waals surface area contributed by atoms with E-state index < -0.39 is 11.9 Å². The van der Waals surface area contributed by atoms with Crippen molar-refractivity contribution in [1.29, 1.82) is 0 Å². The molecule has 0 saturated carbocycles. The van der Waals surface area contributed by atoms with Crippen LogP contribution in [0.1, 0.15) is 5.56 Å². The second-order valence-electron chi connectivity index (χ2n) is 3.71. The highest BCUT2D eigenvalue weighted by Gasteiger charge is 2.04. The number of carboxylic acids is 2. The second-order valence-corrected chi connectivity index (χ2v) is 3.71. The van der Waals surface area contributed by atoms with Crippen LogP contribution in [0.3, 0.4) is 0 Å². The molecule has 0 radical (unpaired) electrons. The summed E-state index contributed by atoms with van der Waals surface area (Å²) in [6.45, 7) is 2.02. The smallest absolute Gasteiger partial charge is 0.414 e. The number of carboxylic acid groups (broad SMARTS) is 2. The normalized spacial score (nSPS) is 9.32. The van der Waals surface area contributed by atoms with Crippen molar-refractivity contribution >= 4 is 17.6 Å². The van der Waals surface area contributed by atoms with Gasteiger partial charge in [-0.3, -0.25) is 0 Å². The van der Waals surface area contributed by atoms with Gasteiger partial charge in [0.25, 0.3) is 0 Å². The Labute approximate surface area is 109 Å². The number of aryl methyl sites for hydroxylation is 1. The van der Waals surface area contributed by atoms with Crippen molar-refractivity contribution in [2.75, 3.05) is 5.73 Å². The Hall–Kier alpha value is -2.76. The lowest BCUT2D eigenvalue weighted by Crippen LogP contribution is -2.09. The minimum Gasteiger partial charge on any atom is -0.473 e. The van der Waals surface area contributed by atoms with E-state index in [1.807, 2.05) is 54.2 Å². The summed E-state index contributed by atoms with van der Waals surface area (Å²) >= 11 is 0. The van der Waals surface area contributed by atoms with Crippen LogP contribution in [-0.4, -0.2) is 26.7 Å². The van der Waals surface area contributed by atoms with E-state index in [0.29, 0.717) is 0 Å². The zero-order valence-electron chi connectivity index (χ0n) is 10.3. The number of aromatic nitrogens is 1. The summed E-state index contributed by atoms with van der Waals surface area (Å²) in [4.78, 5) is 18.2. The molecule has 0 aliphatic rings. The highest BCUT2D eigenvalue weighted by atomic mass is 16.4. The van der Waals surface area contributed by atoms with Crippen molar-refractivity contribution in [3.63, 3.8) is 0 Å². The highest BCUT2D eigenvalue weighted by Crippen LogP contribution is 2.20. The van der Waals surface area contributed by atoms with E-state index in [-0.39, 0.29) is 0 Å². The van der Waals surface area contributed by atoms with Crippen LogP contribution in [0, 0.1) is 6.92 Å². The van der Waals surface area contributed by atoms with Gasteiger partial charge in [0.1, 0.15) is 0 Å². The maximum Gasteiger partial charge on any atom is 0.414 e. The molecule has 0 spiro atoms. The molecule has 19 heavy (non-hydrogen) atoms. The molecule has 0 unspecified atom stereocenters. The molecule has 1 aromatic carbocycles. The molecule has 0 atom stereocenters. The van der Waals surface area contributed by atoms with Crippen molar-refractivity contribution in [2.45, 2.75) is 6.92 Å². The van der Waals surface area contributed by atoms with Gasteiger partial charge in [-0.2, -0.15) is 0 Å². The van der Waals surface area contributed by atoms with Crippen molar-refractivity contribution in [3.05, 3.63) is 48.3 Å². The quantitative estimate of drug-likeness (QED) is 0.533. The average Bonchev–Trinajstić information content (AvgIpc) is 2.87. The lowest BCUT2D eigenvalue weighted by molar-refractivity contribution is -0.159. The van der Waals surface area contributed by atoms with Crippen LogP contribution in [0.25, 0.3) is 5.69 Å². The molecule has 0 aliphatic carbocycles.